The Morgan fingerprint density at radius 3 is 2.50 bits per heavy atom. The Bertz CT molecular complexity index is 202. The van der Waals surface area contributed by atoms with E-state index in [2.05, 4.69) is 22.7 Å². The summed E-state index contributed by atoms with van der Waals surface area (Å²) >= 11 is 0. The fourth-order valence-corrected chi connectivity index (χ4v) is 0.648. The van der Waals surface area contributed by atoms with Gasteiger partial charge in [0.25, 0.3) is 0 Å². The smallest absolute Gasteiger partial charge is 0.204 e. The third kappa shape index (κ3) is 3.70. The van der Waals surface area contributed by atoms with Crippen molar-refractivity contribution in [2.45, 2.75) is 26.8 Å². The van der Waals surface area contributed by atoms with E-state index in [9.17, 15) is 0 Å². The van der Waals surface area contributed by atoms with E-state index in [1.165, 1.54) is 0 Å². The highest BCUT2D eigenvalue weighted by molar-refractivity contribution is 5.42. The zero-order valence-electron chi connectivity index (χ0n) is 7.40. The van der Waals surface area contributed by atoms with E-state index in [4.69, 9.17) is 4.79 Å². The van der Waals surface area contributed by atoms with Crippen LogP contribution in [0.15, 0.2) is 6.33 Å². The molecule has 2 N–H and O–H groups in total. The zero-order chi connectivity index (χ0) is 9.40. The third-order valence-electron chi connectivity index (χ3n) is 1.22. The van der Waals surface area contributed by atoms with Crippen molar-refractivity contribution in [1.29, 1.82) is 0 Å². The second kappa shape index (κ2) is 6.33. The van der Waals surface area contributed by atoms with Gasteiger partial charge in [-0.05, 0) is 6.92 Å². The molecule has 0 spiro atoms. The third-order valence-corrected chi connectivity index (χ3v) is 1.22. The van der Waals surface area contributed by atoms with E-state index in [1.807, 2.05) is 11.6 Å². The lowest BCUT2D eigenvalue weighted by molar-refractivity contribution is -0.106. The van der Waals surface area contributed by atoms with Crippen LogP contribution in [0.1, 0.15) is 19.7 Å². The van der Waals surface area contributed by atoms with Crippen LogP contribution in [0.3, 0.4) is 0 Å². The lowest BCUT2D eigenvalue weighted by Crippen LogP contribution is -1.94. The van der Waals surface area contributed by atoms with Gasteiger partial charge < -0.3 is 5.73 Å². The Balaban J connectivity index is 0.000000354. The van der Waals surface area contributed by atoms with Gasteiger partial charge in [-0.15, -0.1) is 0 Å². The molecule has 12 heavy (non-hydrogen) atoms. The Labute approximate surface area is 71.6 Å². The first-order valence-corrected chi connectivity index (χ1v) is 3.82. The van der Waals surface area contributed by atoms with E-state index in [-0.39, 0.29) is 6.41 Å². The topological polar surface area (TPSA) is 73.8 Å². The number of aromatic nitrogens is 3. The van der Waals surface area contributed by atoms with Crippen molar-refractivity contribution >= 4 is 6.41 Å². The van der Waals surface area contributed by atoms with Crippen molar-refractivity contribution in [3.8, 4) is 0 Å². The number of rotatable bonds is 2. The Hall–Kier alpha value is -1.39. The van der Waals surface area contributed by atoms with Gasteiger partial charge in [-0.3, -0.25) is 9.48 Å². The molecule has 0 aliphatic heterocycles. The van der Waals surface area contributed by atoms with Gasteiger partial charge in [0.2, 0.25) is 6.41 Å². The minimum atomic E-state index is 0.250. The number of carbonyl (C=O) groups excluding carboxylic acids is 1. The molecule has 5 nitrogen and oxygen atoms in total. The van der Waals surface area contributed by atoms with Crippen molar-refractivity contribution in [2.75, 3.05) is 0 Å². The summed E-state index contributed by atoms with van der Waals surface area (Å²) in [6.45, 7) is 5.01. The van der Waals surface area contributed by atoms with Crippen molar-refractivity contribution < 1.29 is 4.79 Å². The number of nitrogens with two attached hydrogens (primary N) is 1. The van der Waals surface area contributed by atoms with E-state index in [0.29, 0.717) is 0 Å². The summed E-state index contributed by atoms with van der Waals surface area (Å²) in [4.78, 5) is 12.6. The van der Waals surface area contributed by atoms with E-state index < -0.39 is 0 Å². The Morgan fingerprint density at radius 2 is 2.25 bits per heavy atom. The van der Waals surface area contributed by atoms with E-state index in [0.717, 1.165) is 18.8 Å². The fraction of sp³-hybridized carbons (Fsp3) is 0.571. The molecule has 1 amide bonds. The molecule has 0 bridgehead atoms. The highest BCUT2D eigenvalue weighted by Gasteiger charge is 1.92. The van der Waals surface area contributed by atoms with Crippen LogP contribution >= 0.6 is 0 Å². The largest absolute Gasteiger partial charge is 0.372 e. The van der Waals surface area contributed by atoms with Crippen LogP contribution in [-0.4, -0.2) is 21.2 Å². The van der Waals surface area contributed by atoms with Gasteiger partial charge >= 0.3 is 0 Å². The monoisotopic (exact) mass is 170 g/mol. The SMILES string of the molecule is CCc1ncn(CC)n1.NC=O. The quantitative estimate of drug-likeness (QED) is 0.633. The Morgan fingerprint density at radius 1 is 1.67 bits per heavy atom. The molecular weight excluding hydrogens is 156 g/mol. The summed E-state index contributed by atoms with van der Waals surface area (Å²) in [7, 11) is 0. The van der Waals surface area contributed by atoms with E-state index in [1.54, 1.807) is 6.33 Å². The lowest BCUT2D eigenvalue weighted by Gasteiger charge is -1.88. The molecule has 5 heteroatoms. The molecule has 1 aromatic heterocycles. The van der Waals surface area contributed by atoms with Gasteiger partial charge in [-0.1, -0.05) is 6.92 Å². The highest BCUT2D eigenvalue weighted by Crippen LogP contribution is 1.88. The average Bonchev–Trinajstić information content (AvgIpc) is 2.53. The molecule has 0 unspecified atom stereocenters. The first-order chi connectivity index (χ1) is 5.78. The van der Waals surface area contributed by atoms with Crippen LogP contribution in [0.5, 0.6) is 0 Å². The maximum atomic E-state index is 8.58. The second-order valence-corrected chi connectivity index (χ2v) is 2.01. The van der Waals surface area contributed by atoms with Crippen LogP contribution in [-0.2, 0) is 17.8 Å². The summed E-state index contributed by atoms with van der Waals surface area (Å²) in [5, 5.41) is 4.15. The number of amides is 1. The molecule has 1 heterocycles. The predicted octanol–water partition coefficient (Wildman–Crippen LogP) is -0.0381. The zero-order valence-corrected chi connectivity index (χ0v) is 7.40. The van der Waals surface area contributed by atoms with Gasteiger partial charge in [0.1, 0.15) is 12.2 Å². The number of hydrogen-bond acceptors (Lipinski definition) is 3. The second-order valence-electron chi connectivity index (χ2n) is 2.01. The first kappa shape index (κ1) is 10.6. The van der Waals surface area contributed by atoms with E-state index >= 15 is 0 Å². The minimum absolute atomic E-state index is 0.250. The summed E-state index contributed by atoms with van der Waals surface area (Å²) in [6, 6.07) is 0. The molecule has 0 aromatic carbocycles. The molecule has 1 rings (SSSR count). The molecule has 0 fully saturated rings. The number of aryl methyl sites for hydroxylation is 2. The molecule has 0 aliphatic carbocycles. The molecular formula is C7H14N4O. The number of primary amides is 1. The maximum Gasteiger partial charge on any atom is 0.204 e. The number of hydrogen-bond donors (Lipinski definition) is 1. The molecule has 0 atom stereocenters. The number of nitrogens with zero attached hydrogens (tertiary/aromatic N) is 3. The Kier molecular flexibility index (Phi) is 5.60. The van der Waals surface area contributed by atoms with Gasteiger partial charge in [-0.2, -0.15) is 5.10 Å². The summed E-state index contributed by atoms with van der Waals surface area (Å²) in [5.74, 6) is 0.928. The van der Waals surface area contributed by atoms with Crippen LogP contribution in [0.4, 0.5) is 0 Å². The molecule has 1 aromatic rings. The average molecular weight is 170 g/mol. The first-order valence-electron chi connectivity index (χ1n) is 3.82. The minimum Gasteiger partial charge on any atom is -0.372 e. The van der Waals surface area contributed by atoms with Crippen LogP contribution in [0.2, 0.25) is 0 Å². The van der Waals surface area contributed by atoms with Crippen LogP contribution in [0, 0.1) is 0 Å². The summed E-state index contributed by atoms with van der Waals surface area (Å²) in [6.07, 6.45) is 2.94. The standard InChI is InChI=1S/C6H11N3.CH3NO/c1-3-6-7-5-9(4-2)8-6;2-1-3/h5H,3-4H2,1-2H3;1H,(H2,2,3). The molecule has 68 valence electrons. The molecule has 0 aliphatic rings. The summed E-state index contributed by atoms with van der Waals surface area (Å²) < 4.78 is 1.83. The predicted molar refractivity (Wildman–Crippen MR) is 45.3 cm³/mol. The number of carbonyl (C=O) groups is 1. The highest BCUT2D eigenvalue weighted by atomic mass is 16.1. The van der Waals surface area contributed by atoms with Crippen LogP contribution in [0.25, 0.3) is 0 Å². The molecule has 0 saturated carbocycles. The lowest BCUT2D eigenvalue weighted by atomic mass is 10.5. The summed E-state index contributed by atoms with van der Waals surface area (Å²) in [5.41, 5.74) is 4.17. The normalized spacial score (nSPS) is 8.50. The van der Waals surface area contributed by atoms with Gasteiger partial charge in [0.15, 0.2) is 0 Å². The van der Waals surface area contributed by atoms with Gasteiger partial charge in [-0.25, -0.2) is 4.98 Å². The van der Waals surface area contributed by atoms with Crippen molar-refractivity contribution in [2.24, 2.45) is 5.73 Å². The molecule has 0 saturated heterocycles. The fourth-order valence-electron chi connectivity index (χ4n) is 0.648. The van der Waals surface area contributed by atoms with Crippen LogP contribution < -0.4 is 5.73 Å². The molecule has 0 radical (unpaired) electrons. The van der Waals surface area contributed by atoms with Crippen molar-refractivity contribution in [1.82, 2.24) is 14.8 Å². The van der Waals surface area contributed by atoms with Crippen molar-refractivity contribution in [3.05, 3.63) is 12.2 Å². The maximum absolute atomic E-state index is 8.58. The van der Waals surface area contributed by atoms with Gasteiger partial charge in [0, 0.05) is 13.0 Å². The van der Waals surface area contributed by atoms with Gasteiger partial charge in [0.05, 0.1) is 0 Å². The van der Waals surface area contributed by atoms with Crippen molar-refractivity contribution in [3.63, 3.8) is 0 Å².